The number of carbonyl (C=O) groups excluding carboxylic acids is 2. The van der Waals surface area contributed by atoms with Crippen LogP contribution >= 0.6 is 0 Å². The number of anilines is 1. The second-order valence-electron chi connectivity index (χ2n) is 6.88. The number of rotatable bonds is 5. The fourth-order valence-corrected chi connectivity index (χ4v) is 3.20. The highest BCUT2D eigenvalue weighted by Gasteiger charge is 2.27. The van der Waals surface area contributed by atoms with Gasteiger partial charge in [0.2, 0.25) is 5.43 Å². The SMILES string of the molecule is CCc1ccc2occ(/C=N/NC(=O)CN3C(=O)COc4ccc(F)cc43)c(=O)c2c1. The van der Waals surface area contributed by atoms with E-state index in [2.05, 4.69) is 10.5 Å². The molecule has 2 amide bonds. The van der Waals surface area contributed by atoms with Gasteiger partial charge in [-0.25, -0.2) is 9.82 Å². The van der Waals surface area contributed by atoms with Crippen molar-refractivity contribution >= 4 is 34.7 Å². The molecule has 0 fully saturated rings. The van der Waals surface area contributed by atoms with Crippen LogP contribution in [0.1, 0.15) is 18.1 Å². The Bertz CT molecular complexity index is 1270. The Morgan fingerprint density at radius 3 is 2.90 bits per heavy atom. The second kappa shape index (κ2) is 8.39. The third kappa shape index (κ3) is 4.16. The second-order valence-corrected chi connectivity index (χ2v) is 6.88. The molecule has 2 aromatic carbocycles. The largest absolute Gasteiger partial charge is 0.482 e. The Hall–Kier alpha value is -4.01. The number of ether oxygens (including phenoxy) is 1. The van der Waals surface area contributed by atoms with Gasteiger partial charge < -0.3 is 9.15 Å². The maximum atomic E-state index is 13.6. The van der Waals surface area contributed by atoms with Crippen LogP contribution in [0.3, 0.4) is 0 Å². The number of aryl methyl sites for hydroxylation is 1. The van der Waals surface area contributed by atoms with Crippen LogP contribution < -0.4 is 20.5 Å². The topological polar surface area (TPSA) is 101 Å². The number of amides is 2. The van der Waals surface area contributed by atoms with Crippen LogP contribution in [0.25, 0.3) is 11.0 Å². The van der Waals surface area contributed by atoms with E-state index in [1.165, 1.54) is 24.6 Å². The minimum absolute atomic E-state index is 0.163. The lowest BCUT2D eigenvalue weighted by molar-refractivity contribution is -0.125. The van der Waals surface area contributed by atoms with Crippen molar-refractivity contribution < 1.29 is 23.1 Å². The lowest BCUT2D eigenvalue weighted by Gasteiger charge is -2.28. The number of hydrogen-bond acceptors (Lipinski definition) is 6. The van der Waals surface area contributed by atoms with Gasteiger partial charge in [0.25, 0.3) is 11.8 Å². The number of fused-ring (bicyclic) bond motifs is 2. The maximum Gasteiger partial charge on any atom is 0.265 e. The first-order valence-corrected chi connectivity index (χ1v) is 9.55. The molecule has 3 aromatic rings. The first-order chi connectivity index (χ1) is 15.0. The molecule has 1 aliphatic heterocycles. The van der Waals surface area contributed by atoms with Crippen molar-refractivity contribution in [3.05, 3.63) is 69.8 Å². The molecule has 2 heterocycles. The Balaban J connectivity index is 1.48. The number of benzene rings is 2. The van der Waals surface area contributed by atoms with Crippen molar-refractivity contribution in [2.24, 2.45) is 5.10 Å². The summed E-state index contributed by atoms with van der Waals surface area (Å²) in [6.45, 7) is 1.34. The summed E-state index contributed by atoms with van der Waals surface area (Å²) in [6, 6.07) is 9.10. The first-order valence-electron chi connectivity index (χ1n) is 9.55. The Morgan fingerprint density at radius 1 is 1.26 bits per heavy atom. The summed E-state index contributed by atoms with van der Waals surface area (Å²) in [5, 5.41) is 4.21. The summed E-state index contributed by atoms with van der Waals surface area (Å²) in [5.41, 5.74) is 3.77. The molecule has 0 unspecified atom stereocenters. The molecule has 0 atom stereocenters. The number of hydrogen-bond donors (Lipinski definition) is 1. The summed E-state index contributed by atoms with van der Waals surface area (Å²) in [7, 11) is 0. The van der Waals surface area contributed by atoms with Crippen molar-refractivity contribution in [1.29, 1.82) is 0 Å². The predicted octanol–water partition coefficient (Wildman–Crippen LogP) is 2.37. The van der Waals surface area contributed by atoms with Gasteiger partial charge in [-0.2, -0.15) is 5.10 Å². The number of nitrogens with zero attached hydrogens (tertiary/aromatic N) is 2. The molecule has 1 N–H and O–H groups in total. The lowest BCUT2D eigenvalue weighted by atomic mass is 10.1. The monoisotopic (exact) mass is 423 g/mol. The Morgan fingerprint density at radius 2 is 2.10 bits per heavy atom. The van der Waals surface area contributed by atoms with Crippen LogP contribution in [0, 0.1) is 5.82 Å². The van der Waals surface area contributed by atoms with E-state index in [4.69, 9.17) is 9.15 Å². The molecule has 4 rings (SSSR count). The summed E-state index contributed by atoms with van der Waals surface area (Å²) in [6.07, 6.45) is 3.21. The fourth-order valence-electron chi connectivity index (χ4n) is 3.20. The van der Waals surface area contributed by atoms with E-state index in [0.717, 1.165) is 23.0 Å². The van der Waals surface area contributed by atoms with Crippen LogP contribution in [0.2, 0.25) is 0 Å². The van der Waals surface area contributed by atoms with Crippen LogP contribution in [0.4, 0.5) is 10.1 Å². The van der Waals surface area contributed by atoms with E-state index in [1.54, 1.807) is 12.1 Å². The van der Waals surface area contributed by atoms with Crippen molar-refractivity contribution in [2.75, 3.05) is 18.1 Å². The molecule has 0 radical (unpaired) electrons. The van der Waals surface area contributed by atoms with E-state index in [9.17, 15) is 18.8 Å². The summed E-state index contributed by atoms with van der Waals surface area (Å²) in [4.78, 5) is 38.1. The summed E-state index contributed by atoms with van der Waals surface area (Å²) < 4.78 is 24.3. The van der Waals surface area contributed by atoms with Gasteiger partial charge in [0, 0.05) is 6.07 Å². The minimum atomic E-state index is -0.625. The van der Waals surface area contributed by atoms with E-state index >= 15 is 0 Å². The molecule has 31 heavy (non-hydrogen) atoms. The van der Waals surface area contributed by atoms with Gasteiger partial charge >= 0.3 is 0 Å². The number of hydrazone groups is 1. The molecule has 0 spiro atoms. The average Bonchev–Trinajstić information content (AvgIpc) is 2.77. The molecule has 9 heteroatoms. The van der Waals surface area contributed by atoms with Gasteiger partial charge in [-0.1, -0.05) is 13.0 Å². The smallest absolute Gasteiger partial charge is 0.265 e. The van der Waals surface area contributed by atoms with Crippen LogP contribution in [0.15, 0.2) is 57.0 Å². The minimum Gasteiger partial charge on any atom is -0.482 e. The average molecular weight is 423 g/mol. The zero-order chi connectivity index (χ0) is 22.0. The molecule has 0 saturated carbocycles. The maximum absolute atomic E-state index is 13.6. The van der Waals surface area contributed by atoms with Crippen molar-refractivity contribution in [3.63, 3.8) is 0 Å². The van der Waals surface area contributed by atoms with Crippen LogP contribution in [-0.4, -0.2) is 31.2 Å². The molecular formula is C22H18FN3O5. The Kier molecular flexibility index (Phi) is 5.48. The molecule has 0 bridgehead atoms. The van der Waals surface area contributed by atoms with Gasteiger partial charge in [0.15, 0.2) is 6.61 Å². The van der Waals surface area contributed by atoms with Crippen molar-refractivity contribution in [1.82, 2.24) is 5.43 Å². The summed E-state index contributed by atoms with van der Waals surface area (Å²) >= 11 is 0. The molecular weight excluding hydrogens is 405 g/mol. The van der Waals surface area contributed by atoms with Crippen molar-refractivity contribution in [3.8, 4) is 5.75 Å². The lowest BCUT2D eigenvalue weighted by Crippen LogP contribution is -2.44. The van der Waals surface area contributed by atoms with E-state index in [0.29, 0.717) is 16.7 Å². The van der Waals surface area contributed by atoms with E-state index in [1.807, 2.05) is 13.0 Å². The van der Waals surface area contributed by atoms with Gasteiger partial charge in [0.1, 0.15) is 30.0 Å². The van der Waals surface area contributed by atoms with Gasteiger partial charge in [-0.15, -0.1) is 0 Å². The van der Waals surface area contributed by atoms with Gasteiger partial charge in [-0.3, -0.25) is 19.3 Å². The van der Waals surface area contributed by atoms with Gasteiger partial charge in [0.05, 0.1) is 22.9 Å². The summed E-state index contributed by atoms with van der Waals surface area (Å²) in [5.74, 6) is -1.37. The normalized spacial score (nSPS) is 13.4. The highest BCUT2D eigenvalue weighted by atomic mass is 19.1. The quantitative estimate of drug-likeness (QED) is 0.502. The van der Waals surface area contributed by atoms with Crippen LogP contribution in [-0.2, 0) is 16.0 Å². The highest BCUT2D eigenvalue weighted by Crippen LogP contribution is 2.32. The highest BCUT2D eigenvalue weighted by molar-refractivity contribution is 6.02. The number of halogens is 1. The first kappa shape index (κ1) is 20.3. The van der Waals surface area contributed by atoms with Gasteiger partial charge in [-0.05, 0) is 36.2 Å². The predicted molar refractivity (Wildman–Crippen MR) is 112 cm³/mol. The standard InChI is InChI=1S/C22H18FN3O5/c1-2-13-3-5-18-16(7-13)22(29)14(11-30-18)9-24-25-20(27)10-26-17-8-15(23)4-6-19(17)31-12-21(26)28/h3-9,11H,2,10,12H2,1H3,(H,25,27)/b24-9+. The molecule has 158 valence electrons. The third-order valence-corrected chi connectivity index (χ3v) is 4.83. The van der Waals surface area contributed by atoms with Crippen LogP contribution in [0.5, 0.6) is 5.75 Å². The molecule has 1 aromatic heterocycles. The van der Waals surface area contributed by atoms with E-state index < -0.39 is 17.6 Å². The number of carbonyl (C=O) groups is 2. The van der Waals surface area contributed by atoms with E-state index in [-0.39, 0.29) is 29.8 Å². The molecule has 0 saturated heterocycles. The molecule has 0 aliphatic carbocycles. The van der Waals surface area contributed by atoms with Crippen molar-refractivity contribution in [2.45, 2.75) is 13.3 Å². The Labute approximate surface area is 175 Å². The zero-order valence-electron chi connectivity index (χ0n) is 16.6. The zero-order valence-corrected chi connectivity index (χ0v) is 16.6. The molecule has 8 nitrogen and oxygen atoms in total. The molecule has 1 aliphatic rings. The fraction of sp³-hybridized carbons (Fsp3) is 0.182. The third-order valence-electron chi connectivity index (χ3n) is 4.83. The number of nitrogens with one attached hydrogen (secondary N) is 1.